The van der Waals surface area contributed by atoms with E-state index in [0.717, 1.165) is 16.5 Å². The van der Waals surface area contributed by atoms with Gasteiger partial charge in [0.15, 0.2) is 0 Å². The van der Waals surface area contributed by atoms with Gasteiger partial charge in [-0.2, -0.15) is 0 Å². The number of hydrogen-bond acceptors (Lipinski definition) is 2. The molecule has 20 heavy (non-hydrogen) atoms. The van der Waals surface area contributed by atoms with Gasteiger partial charge in [0, 0.05) is 27.2 Å². The molecule has 3 rings (SSSR count). The third-order valence-corrected chi connectivity index (χ3v) is 3.81. The Kier molecular flexibility index (Phi) is 3.62. The molecule has 0 aliphatic rings. The number of fused-ring (bicyclic) bond motifs is 1. The average molecular weight is 304 g/mol. The van der Waals surface area contributed by atoms with Gasteiger partial charge in [-0.05, 0) is 35.9 Å². The topological polar surface area (TPSA) is 33.1 Å². The molecule has 0 aliphatic carbocycles. The molecule has 0 saturated heterocycles. The largest absolute Gasteiger partial charge is 0.384 e. The minimum absolute atomic E-state index is 0.489. The lowest BCUT2D eigenvalue weighted by Gasteiger charge is -2.15. The summed E-state index contributed by atoms with van der Waals surface area (Å²) in [6.07, 6.45) is 0.841. The monoisotopic (exact) mass is 303 g/mol. The van der Waals surface area contributed by atoms with E-state index in [9.17, 15) is 5.11 Å². The van der Waals surface area contributed by atoms with E-state index in [1.807, 2.05) is 24.3 Å². The Morgan fingerprint density at radius 1 is 0.950 bits per heavy atom. The first-order valence-corrected chi connectivity index (χ1v) is 6.89. The molecule has 0 saturated carbocycles. The zero-order valence-corrected chi connectivity index (χ0v) is 11.9. The lowest BCUT2D eigenvalue weighted by atomic mass is 9.98. The number of halogens is 2. The summed E-state index contributed by atoms with van der Waals surface area (Å²) in [6.45, 7) is 0. The first-order valence-electron chi connectivity index (χ1n) is 6.13. The van der Waals surface area contributed by atoms with Crippen LogP contribution in [0.15, 0.2) is 54.7 Å². The Bertz CT molecular complexity index is 768. The highest BCUT2D eigenvalue weighted by Gasteiger charge is 2.17. The van der Waals surface area contributed by atoms with Crippen LogP contribution in [0, 0.1) is 0 Å². The normalized spacial score (nSPS) is 12.6. The minimum Gasteiger partial charge on any atom is -0.384 e. The Morgan fingerprint density at radius 3 is 2.60 bits per heavy atom. The molecule has 0 radical (unpaired) electrons. The summed E-state index contributed by atoms with van der Waals surface area (Å²) in [4.78, 5) is 4.29. The van der Waals surface area contributed by atoms with Gasteiger partial charge in [0.2, 0.25) is 0 Å². The fourth-order valence-corrected chi connectivity index (χ4v) is 2.65. The van der Waals surface area contributed by atoms with Crippen molar-refractivity contribution in [2.24, 2.45) is 0 Å². The van der Waals surface area contributed by atoms with E-state index >= 15 is 0 Å². The molecular formula is C16H11Cl2NO. The lowest BCUT2D eigenvalue weighted by molar-refractivity contribution is 0.222. The summed E-state index contributed by atoms with van der Waals surface area (Å²) in [5.74, 6) is 0. The fourth-order valence-electron chi connectivity index (χ4n) is 2.25. The van der Waals surface area contributed by atoms with Crippen LogP contribution >= 0.6 is 23.2 Å². The van der Waals surface area contributed by atoms with Crippen LogP contribution in [0.25, 0.3) is 10.9 Å². The van der Waals surface area contributed by atoms with Crippen LogP contribution in [0.1, 0.15) is 17.2 Å². The second kappa shape index (κ2) is 5.41. The number of hydrogen-bond donors (Lipinski definition) is 1. The molecule has 0 spiro atoms. The third kappa shape index (κ3) is 2.38. The van der Waals surface area contributed by atoms with Gasteiger partial charge in [-0.1, -0.05) is 41.4 Å². The summed E-state index contributed by atoms with van der Waals surface area (Å²) < 4.78 is 0. The van der Waals surface area contributed by atoms with Crippen molar-refractivity contribution >= 4 is 34.1 Å². The van der Waals surface area contributed by atoms with E-state index in [4.69, 9.17) is 23.2 Å². The highest BCUT2D eigenvalue weighted by molar-refractivity contribution is 6.33. The molecule has 2 nitrogen and oxygen atoms in total. The summed E-state index contributed by atoms with van der Waals surface area (Å²) in [6, 6.07) is 14.5. The van der Waals surface area contributed by atoms with Gasteiger partial charge < -0.3 is 5.11 Å². The van der Waals surface area contributed by atoms with Gasteiger partial charge in [0.25, 0.3) is 0 Å². The number of pyridine rings is 1. The number of aromatic nitrogens is 1. The maximum Gasteiger partial charge on any atom is 0.106 e. The molecule has 0 amide bonds. The Balaban J connectivity index is 2.17. The molecule has 3 aromatic rings. The van der Waals surface area contributed by atoms with Crippen molar-refractivity contribution < 1.29 is 5.11 Å². The SMILES string of the molecule is OC(c1cc(Cl)ccc1Cl)c1ccnc2ccccc12. The quantitative estimate of drug-likeness (QED) is 0.749. The summed E-state index contributed by atoms with van der Waals surface area (Å²) in [5.41, 5.74) is 2.19. The number of nitrogens with zero attached hydrogens (tertiary/aromatic N) is 1. The van der Waals surface area contributed by atoms with E-state index in [0.29, 0.717) is 15.6 Å². The Morgan fingerprint density at radius 2 is 1.75 bits per heavy atom. The molecular weight excluding hydrogens is 293 g/mol. The van der Waals surface area contributed by atoms with Crippen molar-refractivity contribution in [2.75, 3.05) is 0 Å². The fraction of sp³-hybridized carbons (Fsp3) is 0.0625. The van der Waals surface area contributed by atoms with Gasteiger partial charge in [0.05, 0.1) is 5.52 Å². The number of para-hydroxylation sites is 1. The second-order valence-electron chi connectivity index (χ2n) is 4.49. The molecule has 4 heteroatoms. The molecule has 100 valence electrons. The zero-order valence-electron chi connectivity index (χ0n) is 10.4. The van der Waals surface area contributed by atoms with Crippen LogP contribution in [0.2, 0.25) is 10.0 Å². The van der Waals surface area contributed by atoms with E-state index in [1.165, 1.54) is 0 Å². The van der Waals surface area contributed by atoms with Gasteiger partial charge in [0.1, 0.15) is 6.10 Å². The van der Waals surface area contributed by atoms with E-state index < -0.39 is 6.10 Å². The molecule has 1 atom stereocenters. The minimum atomic E-state index is -0.839. The van der Waals surface area contributed by atoms with E-state index in [2.05, 4.69) is 4.98 Å². The van der Waals surface area contributed by atoms with Gasteiger partial charge in [-0.15, -0.1) is 0 Å². The van der Waals surface area contributed by atoms with Crippen molar-refractivity contribution in [1.29, 1.82) is 0 Å². The number of aliphatic hydroxyl groups excluding tert-OH is 1. The molecule has 0 aliphatic heterocycles. The van der Waals surface area contributed by atoms with Crippen molar-refractivity contribution in [1.82, 2.24) is 4.98 Å². The smallest absolute Gasteiger partial charge is 0.106 e. The summed E-state index contributed by atoms with van der Waals surface area (Å²) >= 11 is 12.1. The van der Waals surface area contributed by atoms with Gasteiger partial charge in [-0.3, -0.25) is 4.98 Å². The molecule has 0 bridgehead atoms. The van der Waals surface area contributed by atoms with Crippen LogP contribution in [0.3, 0.4) is 0 Å². The first kappa shape index (κ1) is 13.4. The van der Waals surface area contributed by atoms with Crippen LogP contribution < -0.4 is 0 Å². The predicted molar refractivity (Wildman–Crippen MR) is 82.3 cm³/mol. The zero-order chi connectivity index (χ0) is 14.1. The lowest BCUT2D eigenvalue weighted by Crippen LogP contribution is -2.02. The van der Waals surface area contributed by atoms with Crippen LogP contribution in [0.4, 0.5) is 0 Å². The van der Waals surface area contributed by atoms with Crippen LogP contribution in [-0.4, -0.2) is 10.1 Å². The van der Waals surface area contributed by atoms with Gasteiger partial charge >= 0.3 is 0 Å². The molecule has 1 heterocycles. The van der Waals surface area contributed by atoms with Crippen molar-refractivity contribution in [2.45, 2.75) is 6.10 Å². The Hall–Kier alpha value is -1.61. The van der Waals surface area contributed by atoms with Crippen LogP contribution in [-0.2, 0) is 0 Å². The molecule has 0 fully saturated rings. The highest BCUT2D eigenvalue weighted by atomic mass is 35.5. The maximum absolute atomic E-state index is 10.6. The third-order valence-electron chi connectivity index (χ3n) is 3.23. The maximum atomic E-state index is 10.6. The molecule has 1 unspecified atom stereocenters. The predicted octanol–water partition coefficient (Wildman–Crippen LogP) is 4.62. The molecule has 2 aromatic carbocycles. The van der Waals surface area contributed by atoms with Crippen molar-refractivity contribution in [3.63, 3.8) is 0 Å². The van der Waals surface area contributed by atoms with E-state index in [-0.39, 0.29) is 0 Å². The van der Waals surface area contributed by atoms with Crippen molar-refractivity contribution in [3.05, 3.63) is 75.9 Å². The summed E-state index contributed by atoms with van der Waals surface area (Å²) in [5, 5.41) is 12.6. The van der Waals surface area contributed by atoms with Gasteiger partial charge in [-0.25, -0.2) is 0 Å². The molecule has 1 aromatic heterocycles. The highest BCUT2D eigenvalue weighted by Crippen LogP contribution is 2.33. The standard InChI is InChI=1S/C16H11Cl2NO/c17-10-5-6-14(18)13(9-10)16(20)12-7-8-19-15-4-2-1-3-11(12)15/h1-9,16,20H. The van der Waals surface area contributed by atoms with E-state index in [1.54, 1.807) is 30.5 Å². The van der Waals surface area contributed by atoms with Crippen LogP contribution in [0.5, 0.6) is 0 Å². The van der Waals surface area contributed by atoms with Crippen molar-refractivity contribution in [3.8, 4) is 0 Å². The Labute approximate surface area is 126 Å². The number of rotatable bonds is 2. The number of aliphatic hydroxyl groups is 1. The summed E-state index contributed by atoms with van der Waals surface area (Å²) in [7, 11) is 0. The second-order valence-corrected chi connectivity index (χ2v) is 5.33. The average Bonchev–Trinajstić information content (AvgIpc) is 2.48. The first-order chi connectivity index (χ1) is 9.66. The molecule has 1 N–H and O–H groups in total. The number of benzene rings is 2.